The number of phenols is 1. The molecule has 0 bridgehead atoms. The molecule has 3 aromatic rings. The number of benzene rings is 2. The Morgan fingerprint density at radius 3 is 2.52 bits per heavy atom. The van der Waals surface area contributed by atoms with Gasteiger partial charge in [0, 0.05) is 11.6 Å². The summed E-state index contributed by atoms with van der Waals surface area (Å²) in [7, 11) is 0. The fourth-order valence-electron chi connectivity index (χ4n) is 2.87. The van der Waals surface area contributed by atoms with E-state index in [9.17, 15) is 24.3 Å². The normalized spacial score (nSPS) is 10.7. The lowest BCUT2D eigenvalue weighted by atomic mass is 10.2. The summed E-state index contributed by atoms with van der Waals surface area (Å²) in [6, 6.07) is 10.3. The Morgan fingerprint density at radius 1 is 1.07 bits per heavy atom. The summed E-state index contributed by atoms with van der Waals surface area (Å²) >= 11 is 5.80. The SMILES string of the molecule is CCn1c(=O)c2ccccc2n(CC(=O)NNC(=O)c2cc(Cl)ccc2O)c1=O. The smallest absolute Gasteiger partial charge is 0.331 e. The van der Waals surface area contributed by atoms with Crippen LogP contribution in [0.5, 0.6) is 5.75 Å². The van der Waals surface area contributed by atoms with Crippen molar-refractivity contribution in [2.75, 3.05) is 0 Å². The molecule has 2 aromatic carbocycles. The van der Waals surface area contributed by atoms with E-state index in [1.54, 1.807) is 31.2 Å². The first kappa shape index (κ1) is 20.2. The summed E-state index contributed by atoms with van der Waals surface area (Å²) in [5, 5.41) is 10.3. The molecule has 9 nitrogen and oxygen atoms in total. The van der Waals surface area contributed by atoms with Gasteiger partial charge in [0.25, 0.3) is 17.4 Å². The molecule has 0 saturated heterocycles. The first-order valence-corrected chi connectivity index (χ1v) is 9.01. The Morgan fingerprint density at radius 2 is 1.79 bits per heavy atom. The molecule has 0 spiro atoms. The Labute approximate surface area is 169 Å². The maximum atomic E-state index is 12.6. The number of amides is 2. The number of hydrogen-bond acceptors (Lipinski definition) is 5. The highest BCUT2D eigenvalue weighted by Crippen LogP contribution is 2.20. The van der Waals surface area contributed by atoms with Crippen LogP contribution in [0.3, 0.4) is 0 Å². The molecule has 0 atom stereocenters. The molecular formula is C19H17ClN4O5. The molecule has 0 unspecified atom stereocenters. The van der Waals surface area contributed by atoms with Crippen LogP contribution >= 0.6 is 11.6 Å². The number of para-hydroxylation sites is 1. The Hall–Kier alpha value is -3.59. The summed E-state index contributed by atoms with van der Waals surface area (Å²) in [6.07, 6.45) is 0. The third kappa shape index (κ3) is 3.99. The molecule has 0 aliphatic carbocycles. The number of hydrogen-bond donors (Lipinski definition) is 3. The van der Waals surface area contributed by atoms with Crippen LogP contribution in [0.4, 0.5) is 0 Å². The zero-order chi connectivity index (χ0) is 21.1. The molecule has 0 aliphatic heterocycles. The monoisotopic (exact) mass is 416 g/mol. The van der Waals surface area contributed by atoms with Gasteiger partial charge in [0.1, 0.15) is 12.3 Å². The van der Waals surface area contributed by atoms with Crippen LogP contribution in [-0.2, 0) is 17.9 Å². The van der Waals surface area contributed by atoms with Gasteiger partial charge in [-0.25, -0.2) is 4.79 Å². The fourth-order valence-corrected chi connectivity index (χ4v) is 3.04. The number of rotatable bonds is 4. The number of nitrogens with zero attached hydrogens (tertiary/aromatic N) is 2. The molecule has 3 rings (SSSR count). The summed E-state index contributed by atoms with van der Waals surface area (Å²) in [5.74, 6) is -1.79. The van der Waals surface area contributed by atoms with Crippen molar-refractivity contribution in [2.45, 2.75) is 20.0 Å². The summed E-state index contributed by atoms with van der Waals surface area (Å²) in [4.78, 5) is 49.5. The van der Waals surface area contributed by atoms with Crippen molar-refractivity contribution in [3.8, 4) is 5.75 Å². The first-order valence-electron chi connectivity index (χ1n) is 8.63. The molecule has 2 amide bonds. The molecule has 10 heteroatoms. The highest BCUT2D eigenvalue weighted by Gasteiger charge is 2.16. The van der Waals surface area contributed by atoms with Gasteiger partial charge in [-0.1, -0.05) is 23.7 Å². The van der Waals surface area contributed by atoms with E-state index >= 15 is 0 Å². The minimum Gasteiger partial charge on any atom is -0.507 e. The number of fused-ring (bicyclic) bond motifs is 1. The number of aromatic hydroxyl groups is 1. The third-order valence-corrected chi connectivity index (χ3v) is 4.50. The molecule has 3 N–H and O–H groups in total. The van der Waals surface area contributed by atoms with Gasteiger partial charge in [0.15, 0.2) is 0 Å². The second-order valence-corrected chi connectivity index (χ2v) is 6.54. The van der Waals surface area contributed by atoms with Gasteiger partial charge in [-0.2, -0.15) is 0 Å². The predicted molar refractivity (Wildman–Crippen MR) is 107 cm³/mol. The van der Waals surface area contributed by atoms with Crippen molar-refractivity contribution in [3.05, 3.63) is 73.9 Å². The van der Waals surface area contributed by atoms with E-state index in [-0.39, 0.29) is 22.9 Å². The zero-order valence-electron chi connectivity index (χ0n) is 15.3. The molecule has 1 heterocycles. The molecule has 0 radical (unpaired) electrons. The van der Waals surface area contributed by atoms with Crippen molar-refractivity contribution >= 4 is 34.3 Å². The van der Waals surface area contributed by atoms with Crippen LogP contribution < -0.4 is 22.1 Å². The number of aromatic nitrogens is 2. The van der Waals surface area contributed by atoms with Crippen LogP contribution in [0.25, 0.3) is 10.9 Å². The van der Waals surface area contributed by atoms with Gasteiger partial charge in [0.2, 0.25) is 0 Å². The number of nitrogens with one attached hydrogen (secondary N) is 2. The minimum atomic E-state index is -0.783. The van der Waals surface area contributed by atoms with Gasteiger partial charge >= 0.3 is 5.69 Å². The maximum Gasteiger partial charge on any atom is 0.331 e. The molecule has 29 heavy (non-hydrogen) atoms. The second-order valence-electron chi connectivity index (χ2n) is 6.10. The molecule has 150 valence electrons. The van der Waals surface area contributed by atoms with Gasteiger partial charge in [-0.05, 0) is 37.3 Å². The van der Waals surface area contributed by atoms with Crippen molar-refractivity contribution in [1.29, 1.82) is 0 Å². The molecular weight excluding hydrogens is 400 g/mol. The summed E-state index contributed by atoms with van der Waals surface area (Å²) in [6.45, 7) is 1.37. The van der Waals surface area contributed by atoms with Crippen LogP contribution in [0, 0.1) is 0 Å². The van der Waals surface area contributed by atoms with E-state index in [2.05, 4.69) is 10.9 Å². The van der Waals surface area contributed by atoms with E-state index in [0.717, 1.165) is 9.13 Å². The molecule has 0 saturated carbocycles. The minimum absolute atomic E-state index is 0.125. The zero-order valence-corrected chi connectivity index (χ0v) is 16.1. The van der Waals surface area contributed by atoms with Gasteiger partial charge in [-0.15, -0.1) is 0 Å². The fraction of sp³-hybridized carbons (Fsp3) is 0.158. The van der Waals surface area contributed by atoms with Crippen LogP contribution in [0.1, 0.15) is 17.3 Å². The van der Waals surface area contributed by atoms with E-state index in [4.69, 9.17) is 11.6 Å². The first-order chi connectivity index (χ1) is 13.8. The molecule has 1 aromatic heterocycles. The highest BCUT2D eigenvalue weighted by atomic mass is 35.5. The van der Waals surface area contributed by atoms with E-state index in [1.807, 2.05) is 0 Å². The average molecular weight is 417 g/mol. The van der Waals surface area contributed by atoms with Gasteiger partial charge in [0.05, 0.1) is 16.5 Å². The quantitative estimate of drug-likeness (QED) is 0.548. The lowest BCUT2D eigenvalue weighted by Crippen LogP contribution is -2.46. The Kier molecular flexibility index (Phi) is 5.69. The topological polar surface area (TPSA) is 122 Å². The second kappa shape index (κ2) is 8.19. The van der Waals surface area contributed by atoms with Crippen LogP contribution in [0.2, 0.25) is 5.02 Å². The third-order valence-electron chi connectivity index (χ3n) is 4.27. The lowest BCUT2D eigenvalue weighted by Gasteiger charge is -2.13. The van der Waals surface area contributed by atoms with Gasteiger partial charge in [-0.3, -0.25) is 34.4 Å². The van der Waals surface area contributed by atoms with Crippen LogP contribution in [-0.4, -0.2) is 26.1 Å². The molecule has 0 aliphatic rings. The van der Waals surface area contributed by atoms with Crippen molar-refractivity contribution in [2.24, 2.45) is 0 Å². The highest BCUT2D eigenvalue weighted by molar-refractivity contribution is 6.31. The van der Waals surface area contributed by atoms with Gasteiger partial charge < -0.3 is 5.11 Å². The Bertz CT molecular complexity index is 1230. The number of phenolic OH excluding ortho intramolecular Hbond substituents is 1. The van der Waals surface area contributed by atoms with E-state index < -0.39 is 29.6 Å². The maximum absolute atomic E-state index is 12.6. The summed E-state index contributed by atoms with van der Waals surface area (Å²) < 4.78 is 2.18. The van der Waals surface area contributed by atoms with E-state index in [1.165, 1.54) is 18.2 Å². The Balaban J connectivity index is 1.84. The van der Waals surface area contributed by atoms with Crippen LogP contribution in [0.15, 0.2) is 52.1 Å². The number of hydrazine groups is 1. The van der Waals surface area contributed by atoms with Crippen molar-refractivity contribution in [3.63, 3.8) is 0 Å². The summed E-state index contributed by atoms with van der Waals surface area (Å²) in [5.41, 5.74) is 3.45. The average Bonchev–Trinajstić information content (AvgIpc) is 2.71. The standard InChI is InChI=1S/C19H17ClN4O5/c1-2-23-18(28)12-5-3-4-6-14(12)24(19(23)29)10-16(26)21-22-17(27)13-9-11(20)7-8-15(13)25/h3-9,25H,2,10H2,1H3,(H,21,26)(H,22,27). The van der Waals surface area contributed by atoms with E-state index in [0.29, 0.717) is 10.9 Å². The van der Waals surface area contributed by atoms with Crippen molar-refractivity contribution < 1.29 is 14.7 Å². The van der Waals surface area contributed by atoms with Crippen molar-refractivity contribution in [1.82, 2.24) is 20.0 Å². The number of carbonyl (C=O) groups is 2. The number of halogens is 1. The number of carbonyl (C=O) groups excluding carboxylic acids is 2. The predicted octanol–water partition coefficient (Wildman–Crippen LogP) is 1.00. The largest absolute Gasteiger partial charge is 0.507 e. The lowest BCUT2D eigenvalue weighted by molar-refractivity contribution is -0.122. The molecule has 0 fully saturated rings.